The topological polar surface area (TPSA) is 46.8 Å². The van der Waals surface area contributed by atoms with Crippen molar-refractivity contribution < 1.29 is 9.53 Å². The Hall–Kier alpha value is -2.37. The zero-order chi connectivity index (χ0) is 17.9. The van der Waals surface area contributed by atoms with E-state index in [-0.39, 0.29) is 12.0 Å². The van der Waals surface area contributed by atoms with Gasteiger partial charge in [-0.2, -0.15) is 0 Å². The normalized spacial score (nSPS) is 17.6. The summed E-state index contributed by atoms with van der Waals surface area (Å²) >= 11 is 6.00. The van der Waals surface area contributed by atoms with Crippen molar-refractivity contribution in [2.75, 3.05) is 19.7 Å². The molecule has 3 heterocycles. The molecule has 1 atom stereocenters. The number of hydrogen-bond donors (Lipinski definition) is 0. The molecule has 0 unspecified atom stereocenters. The van der Waals surface area contributed by atoms with Gasteiger partial charge >= 0.3 is 0 Å². The summed E-state index contributed by atoms with van der Waals surface area (Å²) in [5, 5.41) is 0.612. The van der Waals surface area contributed by atoms with Gasteiger partial charge < -0.3 is 14.0 Å². The van der Waals surface area contributed by atoms with Crippen molar-refractivity contribution in [1.29, 1.82) is 0 Å². The minimum atomic E-state index is -0.0576. The summed E-state index contributed by atoms with van der Waals surface area (Å²) in [5.41, 5.74) is 2.44. The number of amides is 1. The summed E-state index contributed by atoms with van der Waals surface area (Å²) in [6, 6.07) is 13.9. The molecule has 1 aromatic carbocycles. The maximum Gasteiger partial charge on any atom is 0.274 e. The molecular weight excluding hydrogens is 350 g/mol. The highest BCUT2D eigenvalue weighted by Crippen LogP contribution is 2.17. The van der Waals surface area contributed by atoms with Gasteiger partial charge in [0.2, 0.25) is 0 Å². The van der Waals surface area contributed by atoms with E-state index in [1.54, 1.807) is 28.9 Å². The number of nitrogens with zero attached hydrogens (tertiary/aromatic N) is 3. The number of pyridine rings is 1. The van der Waals surface area contributed by atoms with Gasteiger partial charge in [-0.15, -0.1) is 0 Å². The Labute approximate surface area is 157 Å². The number of ether oxygens (including phenoxy) is 1. The van der Waals surface area contributed by atoms with Crippen molar-refractivity contribution in [2.45, 2.75) is 18.9 Å². The number of rotatable bonds is 4. The monoisotopic (exact) mass is 369 g/mol. The maximum atomic E-state index is 12.8. The molecule has 0 spiro atoms. The second kappa shape index (κ2) is 7.48. The molecule has 0 radical (unpaired) electrons. The van der Waals surface area contributed by atoms with Gasteiger partial charge in [-0.1, -0.05) is 41.9 Å². The molecule has 0 N–H and O–H groups in total. The van der Waals surface area contributed by atoms with Crippen LogP contribution in [-0.4, -0.2) is 46.0 Å². The molecule has 0 bridgehead atoms. The number of carbonyl (C=O) groups is 1. The molecule has 2 aromatic heterocycles. The minimum Gasteiger partial charge on any atom is -0.375 e. The van der Waals surface area contributed by atoms with E-state index in [1.807, 2.05) is 23.1 Å². The molecule has 134 valence electrons. The van der Waals surface area contributed by atoms with E-state index in [2.05, 4.69) is 17.1 Å². The van der Waals surface area contributed by atoms with Crippen molar-refractivity contribution in [1.82, 2.24) is 14.3 Å². The van der Waals surface area contributed by atoms with E-state index in [0.29, 0.717) is 36.1 Å². The van der Waals surface area contributed by atoms with Gasteiger partial charge in [-0.05, 0) is 30.5 Å². The number of aryl methyl sites for hydroxylation is 1. The number of hydrogen-bond acceptors (Lipinski definition) is 3. The fourth-order valence-electron chi connectivity index (χ4n) is 3.28. The molecule has 4 rings (SSSR count). The van der Waals surface area contributed by atoms with Crippen LogP contribution in [0.25, 0.3) is 5.65 Å². The molecule has 1 amide bonds. The summed E-state index contributed by atoms with van der Waals surface area (Å²) in [5.74, 6) is -0.0576. The van der Waals surface area contributed by atoms with E-state index < -0.39 is 0 Å². The largest absolute Gasteiger partial charge is 0.375 e. The summed E-state index contributed by atoms with van der Waals surface area (Å²) in [7, 11) is 0. The van der Waals surface area contributed by atoms with Crippen molar-refractivity contribution >= 4 is 23.2 Å². The average Bonchev–Trinajstić information content (AvgIpc) is 3.10. The quantitative estimate of drug-likeness (QED) is 0.707. The number of carbonyl (C=O) groups excluding carboxylic acids is 1. The lowest BCUT2D eigenvalue weighted by atomic mass is 10.1. The van der Waals surface area contributed by atoms with Crippen LogP contribution in [0.3, 0.4) is 0 Å². The molecule has 5 nitrogen and oxygen atoms in total. The molecule has 0 saturated carbocycles. The van der Waals surface area contributed by atoms with E-state index in [9.17, 15) is 4.79 Å². The first kappa shape index (κ1) is 17.1. The third kappa shape index (κ3) is 3.74. The van der Waals surface area contributed by atoms with Crippen molar-refractivity contribution in [3.8, 4) is 0 Å². The summed E-state index contributed by atoms with van der Waals surface area (Å²) in [6.07, 6.45) is 5.38. The third-order valence-corrected chi connectivity index (χ3v) is 4.88. The van der Waals surface area contributed by atoms with E-state index in [0.717, 1.165) is 12.8 Å². The number of aromatic nitrogens is 2. The number of benzene rings is 1. The molecule has 0 aliphatic carbocycles. The highest BCUT2D eigenvalue weighted by atomic mass is 35.5. The predicted octanol–water partition coefficient (Wildman–Crippen LogP) is 3.46. The van der Waals surface area contributed by atoms with Crippen LogP contribution in [0.4, 0.5) is 0 Å². The Morgan fingerprint density at radius 3 is 2.88 bits per heavy atom. The molecule has 6 heteroatoms. The molecule has 3 aromatic rings. The van der Waals surface area contributed by atoms with Crippen LogP contribution in [0.2, 0.25) is 5.02 Å². The summed E-state index contributed by atoms with van der Waals surface area (Å²) in [6.45, 7) is 1.75. The van der Waals surface area contributed by atoms with Crippen LogP contribution in [0.15, 0.2) is 54.9 Å². The van der Waals surface area contributed by atoms with Gasteiger partial charge in [0.15, 0.2) is 0 Å². The van der Waals surface area contributed by atoms with Gasteiger partial charge in [0.1, 0.15) is 11.3 Å². The Kier molecular flexibility index (Phi) is 4.91. The maximum absolute atomic E-state index is 12.8. The van der Waals surface area contributed by atoms with E-state index in [1.165, 1.54) is 5.56 Å². The number of halogens is 1. The smallest absolute Gasteiger partial charge is 0.274 e. The molecule has 1 aliphatic rings. The lowest BCUT2D eigenvalue weighted by molar-refractivity contribution is -0.0247. The highest BCUT2D eigenvalue weighted by Gasteiger charge is 2.26. The van der Waals surface area contributed by atoms with Gasteiger partial charge in [-0.3, -0.25) is 4.79 Å². The molecule has 1 fully saturated rings. The summed E-state index contributed by atoms with van der Waals surface area (Å²) < 4.78 is 7.63. The Morgan fingerprint density at radius 1 is 1.19 bits per heavy atom. The average molecular weight is 370 g/mol. The van der Waals surface area contributed by atoms with Gasteiger partial charge in [0, 0.05) is 25.5 Å². The fraction of sp³-hybridized carbons (Fsp3) is 0.300. The molecular formula is C20H20ClN3O2. The highest BCUT2D eigenvalue weighted by molar-refractivity contribution is 6.30. The first-order valence-electron chi connectivity index (χ1n) is 8.78. The zero-order valence-corrected chi connectivity index (χ0v) is 15.1. The molecule has 1 saturated heterocycles. The van der Waals surface area contributed by atoms with Crippen LogP contribution in [-0.2, 0) is 11.2 Å². The van der Waals surface area contributed by atoms with Gasteiger partial charge in [-0.25, -0.2) is 4.98 Å². The predicted molar refractivity (Wildman–Crippen MR) is 101 cm³/mol. The third-order valence-electron chi connectivity index (χ3n) is 4.66. The Balaban J connectivity index is 1.42. The van der Waals surface area contributed by atoms with Crippen LogP contribution >= 0.6 is 11.6 Å². The Bertz CT molecular complexity index is 910. The molecule has 26 heavy (non-hydrogen) atoms. The number of imidazole rings is 1. The second-order valence-corrected chi connectivity index (χ2v) is 6.94. The van der Waals surface area contributed by atoms with E-state index in [4.69, 9.17) is 16.3 Å². The minimum absolute atomic E-state index is 0.0550. The zero-order valence-electron chi connectivity index (χ0n) is 14.3. The van der Waals surface area contributed by atoms with E-state index >= 15 is 0 Å². The SMILES string of the molecule is O=C(c1cn2cc(Cl)ccc2n1)N1CCO[C@@H](CCc2ccccc2)C1. The fourth-order valence-corrected chi connectivity index (χ4v) is 3.45. The van der Waals surface area contributed by atoms with Crippen molar-refractivity contribution in [2.24, 2.45) is 0 Å². The Morgan fingerprint density at radius 2 is 2.04 bits per heavy atom. The molecule has 1 aliphatic heterocycles. The lowest BCUT2D eigenvalue weighted by Crippen LogP contribution is -2.45. The first-order valence-corrected chi connectivity index (χ1v) is 9.16. The number of morpholine rings is 1. The standard InChI is InChI=1S/C20H20ClN3O2/c21-16-7-9-19-22-18(14-24(19)12-16)20(25)23-10-11-26-17(13-23)8-6-15-4-2-1-3-5-15/h1-5,7,9,12,14,17H,6,8,10-11,13H2/t17-/m0/s1. The van der Waals surface area contributed by atoms with Crippen LogP contribution in [0, 0.1) is 0 Å². The van der Waals surface area contributed by atoms with Crippen molar-refractivity contribution in [3.63, 3.8) is 0 Å². The van der Waals surface area contributed by atoms with Crippen LogP contribution < -0.4 is 0 Å². The lowest BCUT2D eigenvalue weighted by Gasteiger charge is -2.32. The van der Waals surface area contributed by atoms with Crippen LogP contribution in [0.1, 0.15) is 22.5 Å². The second-order valence-electron chi connectivity index (χ2n) is 6.51. The first-order chi connectivity index (χ1) is 12.7. The van der Waals surface area contributed by atoms with Crippen LogP contribution in [0.5, 0.6) is 0 Å². The van der Waals surface area contributed by atoms with Crippen molar-refractivity contribution in [3.05, 3.63) is 71.1 Å². The number of fused-ring (bicyclic) bond motifs is 1. The summed E-state index contributed by atoms with van der Waals surface area (Å²) in [4.78, 5) is 19.1. The van der Waals surface area contributed by atoms with Gasteiger partial charge in [0.25, 0.3) is 5.91 Å². The van der Waals surface area contributed by atoms with Gasteiger partial charge in [0.05, 0.1) is 17.7 Å².